The molecule has 0 unspecified atom stereocenters. The average molecular weight is 461 g/mol. The number of pyridine rings is 1. The first-order chi connectivity index (χ1) is 16.0. The monoisotopic (exact) mass is 460 g/mol. The Morgan fingerprint density at radius 2 is 1.88 bits per heavy atom. The summed E-state index contributed by atoms with van der Waals surface area (Å²) in [5, 5.41) is 10.3. The Hall–Kier alpha value is -2.41. The highest BCUT2D eigenvalue weighted by Gasteiger charge is 2.54. The van der Waals surface area contributed by atoms with Crippen LogP contribution >= 0.6 is 0 Å². The number of carbonyl (C=O) groups excluding carboxylic acids is 1. The molecular weight excluding hydrogens is 420 g/mol. The quantitative estimate of drug-likeness (QED) is 0.431. The van der Waals surface area contributed by atoms with Crippen molar-refractivity contribution in [3.05, 3.63) is 47.3 Å². The molecule has 0 spiro atoms. The van der Waals surface area contributed by atoms with Gasteiger partial charge < -0.3 is 4.74 Å². The van der Waals surface area contributed by atoms with Crippen molar-refractivity contribution in [2.45, 2.75) is 99.0 Å². The second-order valence-corrected chi connectivity index (χ2v) is 12.2. The molecule has 0 N–H and O–H groups in total. The van der Waals surface area contributed by atoms with E-state index in [-0.39, 0.29) is 33.7 Å². The Morgan fingerprint density at radius 1 is 1.12 bits per heavy atom. The molecule has 4 rings (SSSR count). The standard InChI is InChI=1S/C30H40N2O2/c1-21(33)34-24-10-14-29(5)26(18-24)22(19-31)9-12-28(4)13-11-25(23-8-7-17-32-20-23)30(28,6)16-15-27(29,2)3/h7-8,11,17,20,24H,9-10,12-16,18H2,1-6H3/b26-22+/t24-,28+,29-,30+/m0/s1. The Morgan fingerprint density at radius 3 is 2.53 bits per heavy atom. The van der Waals surface area contributed by atoms with Crippen molar-refractivity contribution in [1.29, 1.82) is 5.26 Å². The van der Waals surface area contributed by atoms with Gasteiger partial charge in [0, 0.05) is 31.3 Å². The molecule has 4 nitrogen and oxygen atoms in total. The summed E-state index contributed by atoms with van der Waals surface area (Å²) in [6.07, 6.45) is 13.6. The number of nitrogens with zero attached hydrogens (tertiary/aromatic N) is 2. The second-order valence-electron chi connectivity index (χ2n) is 12.2. The Balaban J connectivity index is 1.77. The number of allylic oxidation sites excluding steroid dienone is 3. The summed E-state index contributed by atoms with van der Waals surface area (Å²) < 4.78 is 5.65. The van der Waals surface area contributed by atoms with Crippen LogP contribution in [0.5, 0.6) is 0 Å². The van der Waals surface area contributed by atoms with Gasteiger partial charge in [0.15, 0.2) is 0 Å². The Labute approximate surface area is 205 Å². The van der Waals surface area contributed by atoms with Crippen LogP contribution in [0.1, 0.15) is 98.5 Å². The minimum atomic E-state index is -0.227. The zero-order valence-electron chi connectivity index (χ0n) is 21.8. The highest BCUT2D eigenvalue weighted by Crippen LogP contribution is 2.65. The normalized spacial score (nSPS) is 37.6. The maximum Gasteiger partial charge on any atom is 0.302 e. The van der Waals surface area contributed by atoms with E-state index in [4.69, 9.17) is 4.74 Å². The molecule has 34 heavy (non-hydrogen) atoms. The smallest absolute Gasteiger partial charge is 0.302 e. The van der Waals surface area contributed by atoms with Crippen molar-refractivity contribution in [3.63, 3.8) is 0 Å². The zero-order valence-corrected chi connectivity index (χ0v) is 21.8. The molecule has 0 bridgehead atoms. The largest absolute Gasteiger partial charge is 0.462 e. The summed E-state index contributed by atoms with van der Waals surface area (Å²) in [5.74, 6) is -0.227. The highest BCUT2D eigenvalue weighted by molar-refractivity contribution is 5.73. The molecule has 182 valence electrons. The lowest BCUT2D eigenvalue weighted by molar-refractivity contribution is -0.148. The van der Waals surface area contributed by atoms with E-state index in [1.165, 1.54) is 23.6 Å². The Kier molecular flexibility index (Phi) is 6.30. The van der Waals surface area contributed by atoms with Crippen molar-refractivity contribution >= 4 is 11.5 Å². The van der Waals surface area contributed by atoms with Gasteiger partial charge in [-0.15, -0.1) is 0 Å². The first-order valence-corrected chi connectivity index (χ1v) is 12.9. The van der Waals surface area contributed by atoms with Crippen LogP contribution in [-0.2, 0) is 9.53 Å². The summed E-state index contributed by atoms with van der Waals surface area (Å²) in [6.45, 7) is 13.5. The number of aromatic nitrogens is 1. The number of ether oxygens (including phenoxy) is 1. The fourth-order valence-corrected chi connectivity index (χ4v) is 7.08. The van der Waals surface area contributed by atoms with Gasteiger partial charge in [0.05, 0.1) is 6.07 Å². The van der Waals surface area contributed by atoms with Crippen molar-refractivity contribution < 1.29 is 9.53 Å². The maximum atomic E-state index is 11.7. The predicted molar refractivity (Wildman–Crippen MR) is 135 cm³/mol. The number of esters is 1. The van der Waals surface area contributed by atoms with E-state index < -0.39 is 0 Å². The van der Waals surface area contributed by atoms with E-state index in [1.54, 1.807) is 0 Å². The number of carbonyl (C=O) groups is 1. The van der Waals surface area contributed by atoms with Crippen LogP contribution in [0.2, 0.25) is 0 Å². The van der Waals surface area contributed by atoms with Crippen molar-refractivity contribution in [2.75, 3.05) is 0 Å². The molecule has 0 aliphatic heterocycles. The van der Waals surface area contributed by atoms with Gasteiger partial charge in [0.25, 0.3) is 0 Å². The summed E-state index contributed by atoms with van der Waals surface area (Å²) >= 11 is 0. The number of rotatable bonds is 2. The Bertz CT molecular complexity index is 1060. The third kappa shape index (κ3) is 3.92. The molecule has 0 radical (unpaired) electrons. The van der Waals surface area contributed by atoms with Gasteiger partial charge in [-0.2, -0.15) is 5.26 Å². The topological polar surface area (TPSA) is 63.0 Å². The van der Waals surface area contributed by atoms with E-state index in [0.29, 0.717) is 6.42 Å². The molecule has 1 heterocycles. The van der Waals surface area contributed by atoms with Gasteiger partial charge in [-0.1, -0.05) is 46.8 Å². The number of nitriles is 1. The van der Waals surface area contributed by atoms with Crippen LogP contribution in [0.25, 0.3) is 5.57 Å². The SMILES string of the molecule is CC(=O)O[C@H]1CC[C@@]2(C)/C(=C(/C#N)CC[C@]3(C)CC=C(c4cccnc4)[C@@]3(C)CCC2(C)C)C1. The summed E-state index contributed by atoms with van der Waals surface area (Å²) in [4.78, 5) is 16.1. The van der Waals surface area contributed by atoms with Crippen molar-refractivity contribution in [3.8, 4) is 6.07 Å². The van der Waals surface area contributed by atoms with Gasteiger partial charge in [0.2, 0.25) is 0 Å². The second kappa shape index (κ2) is 8.67. The van der Waals surface area contributed by atoms with Crippen LogP contribution in [0.4, 0.5) is 0 Å². The fraction of sp³-hybridized carbons (Fsp3) is 0.633. The van der Waals surface area contributed by atoms with E-state index in [0.717, 1.165) is 50.5 Å². The molecule has 3 aliphatic rings. The maximum absolute atomic E-state index is 11.7. The minimum absolute atomic E-state index is 0.00945. The first-order valence-electron chi connectivity index (χ1n) is 12.9. The molecule has 4 heteroatoms. The van der Waals surface area contributed by atoms with E-state index in [9.17, 15) is 10.1 Å². The molecular formula is C30H40N2O2. The van der Waals surface area contributed by atoms with Crippen LogP contribution in [-0.4, -0.2) is 17.1 Å². The van der Waals surface area contributed by atoms with Gasteiger partial charge in [-0.05, 0) is 89.4 Å². The third-order valence-corrected chi connectivity index (χ3v) is 10.2. The zero-order chi connectivity index (χ0) is 24.8. The van der Waals surface area contributed by atoms with Crippen molar-refractivity contribution in [1.82, 2.24) is 4.98 Å². The van der Waals surface area contributed by atoms with Crippen molar-refractivity contribution in [2.24, 2.45) is 21.7 Å². The number of hydrogen-bond acceptors (Lipinski definition) is 4. The van der Waals surface area contributed by atoms with E-state index in [2.05, 4.69) is 57.8 Å². The van der Waals surface area contributed by atoms with Crippen LogP contribution in [0.3, 0.4) is 0 Å². The van der Waals surface area contributed by atoms with E-state index in [1.807, 2.05) is 18.5 Å². The lowest BCUT2D eigenvalue weighted by atomic mass is 9.51. The first kappa shape index (κ1) is 24.7. The molecule has 1 aromatic rings. The predicted octanol–water partition coefficient (Wildman–Crippen LogP) is 7.42. The summed E-state index contributed by atoms with van der Waals surface area (Å²) in [5.41, 5.74) is 4.84. The van der Waals surface area contributed by atoms with Gasteiger partial charge >= 0.3 is 5.97 Å². The van der Waals surface area contributed by atoms with E-state index >= 15 is 0 Å². The minimum Gasteiger partial charge on any atom is -0.462 e. The van der Waals surface area contributed by atoms with Crippen LogP contribution < -0.4 is 0 Å². The highest BCUT2D eigenvalue weighted by atomic mass is 16.5. The lowest BCUT2D eigenvalue weighted by Crippen LogP contribution is -2.45. The number of hydrogen-bond donors (Lipinski definition) is 0. The molecule has 0 amide bonds. The molecule has 4 atom stereocenters. The molecule has 1 saturated carbocycles. The number of fused-ring (bicyclic) bond motifs is 2. The molecule has 0 aromatic carbocycles. The van der Waals surface area contributed by atoms with Crippen LogP contribution in [0, 0.1) is 33.0 Å². The molecule has 1 fully saturated rings. The summed E-state index contributed by atoms with van der Waals surface area (Å²) in [6, 6.07) is 6.84. The van der Waals surface area contributed by atoms with Gasteiger partial charge in [-0.25, -0.2) is 0 Å². The van der Waals surface area contributed by atoms with Gasteiger partial charge in [0.1, 0.15) is 6.10 Å². The molecule has 1 aromatic heterocycles. The average Bonchev–Trinajstić information content (AvgIpc) is 3.05. The van der Waals surface area contributed by atoms with Gasteiger partial charge in [-0.3, -0.25) is 9.78 Å². The lowest BCUT2D eigenvalue weighted by Gasteiger charge is -2.54. The molecule has 0 saturated heterocycles. The molecule has 3 aliphatic carbocycles. The third-order valence-electron chi connectivity index (χ3n) is 10.2. The fourth-order valence-electron chi connectivity index (χ4n) is 7.08. The summed E-state index contributed by atoms with van der Waals surface area (Å²) in [7, 11) is 0. The van der Waals surface area contributed by atoms with Crippen LogP contribution in [0.15, 0.2) is 41.7 Å².